The Kier molecular flexibility index (Phi) is 285. The van der Waals surface area contributed by atoms with Crippen LogP contribution in [0.5, 0.6) is 0 Å². The molecule has 0 amide bonds. The van der Waals surface area contributed by atoms with Crippen LogP contribution in [0.2, 0.25) is 0 Å². The molecular formula is C56H97F63OS4. The zero-order chi connectivity index (χ0) is 108. The van der Waals surface area contributed by atoms with Gasteiger partial charge in [-0.2, -0.15) is 52.7 Å². The minimum absolute atomic E-state index is 0.0556. The van der Waals surface area contributed by atoms with Gasteiger partial charge in [-0.15, -0.1) is 13.2 Å². The summed E-state index contributed by atoms with van der Waals surface area (Å²) >= 11 is 17.0. The molecule has 0 aromatic rings. The third kappa shape index (κ3) is 836. The zero-order valence-corrected chi connectivity index (χ0v) is 69.6. The van der Waals surface area contributed by atoms with Crippen molar-refractivity contribution in [3.63, 3.8) is 0 Å². The van der Waals surface area contributed by atoms with E-state index in [1.165, 1.54) is 6.92 Å². The lowest BCUT2D eigenvalue weighted by atomic mass is 10.1. The molecule has 0 N–H and O–H groups in total. The van der Waals surface area contributed by atoms with Crippen LogP contribution in [0.15, 0.2) is 0 Å². The first kappa shape index (κ1) is 201. The van der Waals surface area contributed by atoms with E-state index in [1.807, 2.05) is 13.8 Å². The van der Waals surface area contributed by atoms with Crippen LogP contribution in [0.4, 0.5) is 277 Å². The van der Waals surface area contributed by atoms with Crippen LogP contribution in [-0.4, -0.2) is 279 Å². The van der Waals surface area contributed by atoms with Crippen molar-refractivity contribution in [2.75, 3.05) is 198 Å². The highest BCUT2D eigenvalue weighted by Crippen LogP contribution is 2.31. The molecule has 1 unspecified atom stereocenters. The van der Waals surface area contributed by atoms with Crippen molar-refractivity contribution in [2.45, 2.75) is 143 Å². The average molecular weight is 2110 g/mol. The minimum Gasteiger partial charge on any atom is -0.260 e. The van der Waals surface area contributed by atoms with Crippen molar-refractivity contribution in [2.24, 2.45) is 5.92 Å². The second kappa shape index (κ2) is 176. The molecule has 792 valence electrons. The first-order valence-electron chi connectivity index (χ1n) is 28.3. The van der Waals surface area contributed by atoms with Crippen molar-refractivity contribution in [1.29, 1.82) is 0 Å². The van der Waals surface area contributed by atoms with Crippen molar-refractivity contribution < 1.29 is 281 Å². The highest BCUT2D eigenvalue weighted by molar-refractivity contribution is 7.81. The summed E-state index contributed by atoms with van der Waals surface area (Å²) in [5.74, 6) is -13.4. The SMILES string of the molecule is CC(=S)C(F)F.CC(=S)CF.CC(=S)CF.CC(=S)CF.CC(F)(F)CF.CC(F)(F)CF.CC(F)(F)CF.CCC(C)CF.CF.CF.CF.CF.FCC(F)(F)CC(F)(F)F.FCC(F)(F)F.FCC(F)(F)F.FCC(F)(F)F.FCCCF.FCCF.FCF.FCF.FCF.FCF.FCF.FCF.FCF.FCF.FCF.FCOC(F)(F)F. The number of ether oxygens (including phenoxy) is 1. The van der Waals surface area contributed by atoms with Crippen molar-refractivity contribution >= 4 is 68.3 Å². The fourth-order valence-corrected chi connectivity index (χ4v) is 0.562. The Labute approximate surface area is 695 Å². The van der Waals surface area contributed by atoms with Crippen LogP contribution in [0, 0.1) is 5.92 Å². The molecule has 1 atom stereocenters. The van der Waals surface area contributed by atoms with Gasteiger partial charge in [0.25, 0.3) is 30.1 Å². The van der Waals surface area contributed by atoms with E-state index in [0.717, 1.165) is 6.42 Å². The largest absolute Gasteiger partial charge is 0.524 e. The topological polar surface area (TPSA) is 9.23 Å². The van der Waals surface area contributed by atoms with Gasteiger partial charge in [-0.3, -0.25) is 35.5 Å². The molecule has 0 aromatic heterocycles. The molecule has 124 heavy (non-hydrogen) atoms. The maximum absolute atomic E-state index is 11.6. The van der Waals surface area contributed by atoms with Gasteiger partial charge in [-0.05, 0) is 33.6 Å². The van der Waals surface area contributed by atoms with E-state index in [0.29, 0.717) is 64.1 Å². The van der Waals surface area contributed by atoms with E-state index < -0.39 is 230 Å². The zero-order valence-electron chi connectivity index (χ0n) is 66.3. The molecule has 0 spiro atoms. The highest BCUT2D eigenvalue weighted by atomic mass is 32.1. The van der Waals surface area contributed by atoms with Crippen LogP contribution < -0.4 is 0 Å². The van der Waals surface area contributed by atoms with E-state index in [1.54, 1.807) is 20.8 Å². The lowest BCUT2D eigenvalue weighted by Gasteiger charge is -2.13. The number of hydrogen-bond donors (Lipinski definition) is 0. The monoisotopic (exact) mass is 2110 g/mol. The van der Waals surface area contributed by atoms with E-state index in [9.17, 15) is 277 Å². The third-order valence-corrected chi connectivity index (χ3v) is 4.71. The second-order valence-corrected chi connectivity index (χ2v) is 18.2. The Hall–Kier alpha value is -4.09. The number of alkyl halides is 63. The third-order valence-electron chi connectivity index (χ3n) is 4.20. The molecule has 0 aliphatic rings. The maximum atomic E-state index is 11.6. The molecule has 68 heteroatoms. The van der Waals surface area contributed by atoms with Gasteiger partial charge in [-0.25, -0.2) is 180 Å². The molecular weight excluding hydrogens is 2010 g/mol. The van der Waals surface area contributed by atoms with Gasteiger partial charge in [0, 0.05) is 41.8 Å². The number of halogens is 63. The number of thiocarbonyl (C=S) groups is 4. The lowest BCUT2D eigenvalue weighted by molar-refractivity contribution is -0.336. The molecule has 0 heterocycles. The van der Waals surface area contributed by atoms with Gasteiger partial charge in [0.15, 0.2) is 53.6 Å². The first-order valence-corrected chi connectivity index (χ1v) is 30.0. The molecule has 0 aliphatic carbocycles. The average Bonchev–Trinajstić information content (AvgIpc) is 0.895. The normalized spacial score (nSPS) is 9.43. The van der Waals surface area contributed by atoms with Gasteiger partial charge >= 0.3 is 31.1 Å². The quantitative estimate of drug-likeness (QED) is 0.119. The summed E-state index contributed by atoms with van der Waals surface area (Å²) in [7, 11) is 2.00. The lowest BCUT2D eigenvalue weighted by Crippen LogP contribution is -2.27. The van der Waals surface area contributed by atoms with Crippen LogP contribution in [0.1, 0.15) is 81.6 Å². The van der Waals surface area contributed by atoms with Gasteiger partial charge in [0.1, 0.15) is 39.8 Å². The Balaban J connectivity index is -0.0000000299. The van der Waals surface area contributed by atoms with E-state index in [-0.39, 0.29) is 23.9 Å². The fraction of sp³-hybridized carbons (Fsp3) is 0.929. The molecule has 0 bridgehead atoms. The Morgan fingerprint density at radius 3 is 0.427 bits per heavy atom. The molecule has 0 fully saturated rings. The van der Waals surface area contributed by atoms with Crippen molar-refractivity contribution in [3.05, 3.63) is 0 Å². The molecule has 0 radical (unpaired) electrons. The minimum atomic E-state index is -5.00. The van der Waals surface area contributed by atoms with Crippen LogP contribution in [-0.2, 0) is 4.74 Å². The number of rotatable bonds is 15. The second-order valence-electron chi connectivity index (χ2n) is 15.4. The first-order chi connectivity index (χ1) is 56.0. The summed E-state index contributed by atoms with van der Waals surface area (Å²) in [6.45, 7) is -24.1. The predicted octanol–water partition coefficient (Wildman–Crippen LogP) is 33.6. The molecule has 0 aromatic carbocycles. The smallest absolute Gasteiger partial charge is 0.260 e. The molecule has 1 nitrogen and oxygen atoms in total. The Bertz CT molecular complexity index is 1420. The highest BCUT2D eigenvalue weighted by Gasteiger charge is 2.43. The Morgan fingerprint density at radius 1 is 0.282 bits per heavy atom. The molecule has 0 aliphatic heterocycles. The maximum Gasteiger partial charge on any atom is 0.524 e. The summed E-state index contributed by atoms with van der Waals surface area (Å²) in [5.41, 5.74) is 0. The summed E-state index contributed by atoms with van der Waals surface area (Å²) in [6.07, 6.45) is -27.5. The summed E-state index contributed by atoms with van der Waals surface area (Å²) in [4.78, 5) is 1.02. The van der Waals surface area contributed by atoms with Crippen molar-refractivity contribution in [1.82, 2.24) is 0 Å². The standard InChI is InChI=1S/C5H11F.C4H4F6.3C3H5F3.C3H4F2S.C3H6F2.3C3H5FS.C2H2F4O.3C2H2F4.C2H4F2.9CH2F2.4CH3F/c1-3-5(2)4-6;5-2-3(6,7)1-4(8,9)10;3*1-3(5,6)2-4;1-2(6)3(4)5;4-2-1-3-5;3*1-3(5)2-4;3-1-7-2(4,5)6;3*3-1-2(4,5)6;3-1-2-4;9*2-1-3;4*1-2/h5H,3-4H2,1-2H3;1-2H2;3*2H2,1H3;3H,1H3;1-3H2;3*2H2,1H3;1H2;3*1H2;1-2H2;9*1H2;4*1H3. The summed E-state index contributed by atoms with van der Waals surface area (Å²) < 4.78 is 656. The van der Waals surface area contributed by atoms with Crippen LogP contribution >= 0.6 is 48.9 Å². The van der Waals surface area contributed by atoms with Gasteiger partial charge < -0.3 is 0 Å². The van der Waals surface area contributed by atoms with Gasteiger partial charge in [0.2, 0.25) is 62.4 Å². The van der Waals surface area contributed by atoms with E-state index >= 15 is 0 Å². The van der Waals surface area contributed by atoms with E-state index in [2.05, 4.69) is 53.6 Å². The van der Waals surface area contributed by atoms with E-state index in [4.69, 9.17) is 0 Å². The Morgan fingerprint density at radius 2 is 0.419 bits per heavy atom. The number of hydrogen-bond acceptors (Lipinski definition) is 5. The fourth-order valence-electron chi connectivity index (χ4n) is 0.562. The van der Waals surface area contributed by atoms with Crippen LogP contribution in [0.25, 0.3) is 0 Å². The molecule has 0 saturated heterocycles. The van der Waals surface area contributed by atoms with Gasteiger partial charge in [-0.1, -0.05) is 69.1 Å². The summed E-state index contributed by atoms with van der Waals surface area (Å²) in [6, 6.07) is 0. The predicted molar refractivity (Wildman–Crippen MR) is 363 cm³/mol. The van der Waals surface area contributed by atoms with Crippen molar-refractivity contribution in [3.8, 4) is 0 Å². The molecule has 0 saturated carbocycles. The van der Waals surface area contributed by atoms with Gasteiger partial charge in [0.05, 0.1) is 53.6 Å². The summed E-state index contributed by atoms with van der Waals surface area (Å²) in [5, 5.41) is 0. The molecule has 0 rings (SSSR count). The van der Waals surface area contributed by atoms with Crippen LogP contribution in [0.3, 0.4) is 0 Å².